The van der Waals surface area contributed by atoms with Gasteiger partial charge in [0.05, 0.1) is 11.4 Å². The third-order valence-corrected chi connectivity index (χ3v) is 3.73. The van der Waals surface area contributed by atoms with Gasteiger partial charge in [0.25, 0.3) is 0 Å². The molecule has 0 bridgehead atoms. The van der Waals surface area contributed by atoms with Crippen molar-refractivity contribution < 1.29 is 9.59 Å². The maximum atomic E-state index is 11.9. The van der Waals surface area contributed by atoms with E-state index in [1.807, 2.05) is 16.8 Å². The predicted molar refractivity (Wildman–Crippen MR) is 67.2 cm³/mol. The molecule has 2 aromatic heterocycles. The summed E-state index contributed by atoms with van der Waals surface area (Å²) in [7, 11) is 0. The molecular weight excluding hydrogens is 256 g/mol. The lowest BCUT2D eigenvalue weighted by atomic mass is 10.3. The summed E-state index contributed by atoms with van der Waals surface area (Å²) in [6, 6.07) is 3.64. The van der Waals surface area contributed by atoms with Gasteiger partial charge in [-0.3, -0.25) is 9.59 Å². The summed E-state index contributed by atoms with van der Waals surface area (Å²) in [5.74, 6) is -0.229. The van der Waals surface area contributed by atoms with Crippen molar-refractivity contribution in [1.29, 1.82) is 0 Å². The van der Waals surface area contributed by atoms with Gasteiger partial charge in [-0.25, -0.2) is 0 Å². The van der Waals surface area contributed by atoms with Crippen LogP contribution < -0.4 is 4.80 Å². The third kappa shape index (κ3) is 2.98. The van der Waals surface area contributed by atoms with Gasteiger partial charge in [0, 0.05) is 18.5 Å². The van der Waals surface area contributed by atoms with Crippen molar-refractivity contribution in [2.45, 2.75) is 13.5 Å². The Labute approximate surface area is 106 Å². The van der Waals surface area contributed by atoms with Crippen LogP contribution in [0, 0.1) is 0 Å². The second kappa shape index (κ2) is 5.20. The summed E-state index contributed by atoms with van der Waals surface area (Å²) in [6.45, 7) is 1.61. The van der Waals surface area contributed by atoms with Crippen molar-refractivity contribution in [2.24, 2.45) is 4.99 Å². The lowest BCUT2D eigenvalue weighted by molar-refractivity contribution is -0.116. The molecular formula is C11H10N2O2S2. The Balaban J connectivity index is 2.23. The maximum absolute atomic E-state index is 11.9. The minimum atomic E-state index is -0.259. The van der Waals surface area contributed by atoms with Crippen molar-refractivity contribution in [3.8, 4) is 0 Å². The van der Waals surface area contributed by atoms with E-state index in [0.29, 0.717) is 4.80 Å². The average molecular weight is 266 g/mol. The Morgan fingerprint density at radius 2 is 2.18 bits per heavy atom. The molecule has 1 amide bonds. The van der Waals surface area contributed by atoms with Gasteiger partial charge in [0.15, 0.2) is 10.6 Å². The fraction of sp³-hybridized carbons (Fsp3) is 0.182. The van der Waals surface area contributed by atoms with Crippen LogP contribution in [0.4, 0.5) is 0 Å². The Bertz CT molecular complexity index is 593. The van der Waals surface area contributed by atoms with Gasteiger partial charge in [0.1, 0.15) is 0 Å². The highest BCUT2D eigenvalue weighted by atomic mass is 32.1. The number of carbonyl (C=O) groups is 2. The molecule has 0 aliphatic rings. The number of amides is 1. The SMILES string of the molecule is CC(=O)N=c1sccn1CC(=O)c1cccs1. The molecule has 4 nitrogen and oxygen atoms in total. The predicted octanol–water partition coefficient (Wildman–Crippen LogP) is 1.94. The van der Waals surface area contributed by atoms with Crippen LogP contribution in [0.3, 0.4) is 0 Å². The molecule has 0 radical (unpaired) electrons. The molecule has 0 saturated carbocycles. The molecule has 0 saturated heterocycles. The Kier molecular flexibility index (Phi) is 3.65. The fourth-order valence-electron chi connectivity index (χ4n) is 1.31. The van der Waals surface area contributed by atoms with Crippen LogP contribution in [0.15, 0.2) is 34.1 Å². The van der Waals surface area contributed by atoms with Gasteiger partial charge in [-0.05, 0) is 11.4 Å². The van der Waals surface area contributed by atoms with E-state index in [4.69, 9.17) is 0 Å². The number of nitrogens with zero attached hydrogens (tertiary/aromatic N) is 2. The Hall–Kier alpha value is -1.53. The first kappa shape index (κ1) is 11.9. The van der Waals surface area contributed by atoms with Gasteiger partial charge in [-0.1, -0.05) is 6.07 Å². The smallest absolute Gasteiger partial charge is 0.245 e. The number of rotatable bonds is 3. The van der Waals surface area contributed by atoms with Crippen molar-refractivity contribution in [1.82, 2.24) is 4.57 Å². The number of thiazole rings is 1. The zero-order valence-corrected chi connectivity index (χ0v) is 10.8. The number of ketones is 1. The molecule has 0 spiro atoms. The van der Waals surface area contributed by atoms with Crippen LogP contribution >= 0.6 is 22.7 Å². The molecule has 0 aliphatic carbocycles. The summed E-state index contributed by atoms with van der Waals surface area (Å²) in [6.07, 6.45) is 1.76. The molecule has 0 aromatic carbocycles. The molecule has 2 rings (SSSR count). The third-order valence-electron chi connectivity index (χ3n) is 2.02. The molecule has 6 heteroatoms. The summed E-state index contributed by atoms with van der Waals surface area (Å²) in [4.78, 5) is 27.9. The second-order valence-corrected chi connectivity index (χ2v) is 5.17. The Morgan fingerprint density at radius 1 is 1.35 bits per heavy atom. The van der Waals surface area contributed by atoms with E-state index >= 15 is 0 Å². The van der Waals surface area contributed by atoms with Crippen LogP contribution in [0.2, 0.25) is 0 Å². The van der Waals surface area contributed by atoms with Gasteiger partial charge < -0.3 is 4.57 Å². The topological polar surface area (TPSA) is 51.4 Å². The van der Waals surface area contributed by atoms with E-state index in [0.717, 1.165) is 4.88 Å². The highest BCUT2D eigenvalue weighted by Gasteiger charge is 2.08. The molecule has 2 aromatic rings. The molecule has 0 aliphatic heterocycles. The molecule has 2 heterocycles. The first-order valence-corrected chi connectivity index (χ1v) is 6.68. The lowest BCUT2D eigenvalue weighted by Crippen LogP contribution is -2.20. The minimum Gasteiger partial charge on any atom is -0.316 e. The van der Waals surface area contributed by atoms with E-state index in [1.165, 1.54) is 29.6 Å². The van der Waals surface area contributed by atoms with Crippen LogP contribution in [0.5, 0.6) is 0 Å². The number of hydrogen-bond acceptors (Lipinski definition) is 4. The molecule has 0 fully saturated rings. The molecule has 0 atom stereocenters. The second-order valence-electron chi connectivity index (χ2n) is 3.34. The zero-order chi connectivity index (χ0) is 12.3. The van der Waals surface area contributed by atoms with E-state index in [-0.39, 0.29) is 18.2 Å². The number of carbonyl (C=O) groups excluding carboxylic acids is 2. The minimum absolute atomic E-state index is 0.0309. The van der Waals surface area contributed by atoms with Crippen LogP contribution in [-0.4, -0.2) is 16.3 Å². The van der Waals surface area contributed by atoms with E-state index in [1.54, 1.807) is 16.8 Å². The van der Waals surface area contributed by atoms with Gasteiger partial charge in [-0.15, -0.1) is 22.7 Å². The standard InChI is InChI=1S/C11H10N2O2S2/c1-8(14)12-11-13(4-6-17-11)7-9(15)10-3-2-5-16-10/h2-6H,7H2,1H3. The van der Waals surface area contributed by atoms with Gasteiger partial charge in [-0.2, -0.15) is 4.99 Å². The van der Waals surface area contributed by atoms with Crippen molar-refractivity contribution in [2.75, 3.05) is 0 Å². The quantitative estimate of drug-likeness (QED) is 0.797. The Morgan fingerprint density at radius 3 is 2.82 bits per heavy atom. The first-order valence-electron chi connectivity index (χ1n) is 4.93. The maximum Gasteiger partial charge on any atom is 0.245 e. The molecule has 88 valence electrons. The summed E-state index contributed by atoms with van der Waals surface area (Å²) in [5.41, 5.74) is 0. The monoisotopic (exact) mass is 266 g/mol. The normalized spacial score (nSPS) is 11.7. The zero-order valence-electron chi connectivity index (χ0n) is 9.12. The van der Waals surface area contributed by atoms with Crippen LogP contribution in [0.1, 0.15) is 16.6 Å². The van der Waals surface area contributed by atoms with E-state index in [9.17, 15) is 9.59 Å². The van der Waals surface area contributed by atoms with Gasteiger partial charge >= 0.3 is 0 Å². The van der Waals surface area contributed by atoms with Crippen LogP contribution in [-0.2, 0) is 11.3 Å². The molecule has 0 unspecified atom stereocenters. The number of thiophene rings is 1. The first-order chi connectivity index (χ1) is 8.16. The molecule has 0 N–H and O–H groups in total. The number of Topliss-reactive ketones (excluding diaryl/α,β-unsaturated/α-hetero) is 1. The fourth-order valence-corrected chi connectivity index (χ4v) is 2.74. The summed E-state index contributed by atoms with van der Waals surface area (Å²) < 4.78 is 1.69. The lowest BCUT2D eigenvalue weighted by Gasteiger charge is -1.99. The van der Waals surface area contributed by atoms with E-state index < -0.39 is 0 Å². The highest BCUT2D eigenvalue weighted by molar-refractivity contribution is 7.12. The van der Waals surface area contributed by atoms with E-state index in [2.05, 4.69) is 4.99 Å². The van der Waals surface area contributed by atoms with Crippen LogP contribution in [0.25, 0.3) is 0 Å². The highest BCUT2D eigenvalue weighted by Crippen LogP contribution is 2.10. The average Bonchev–Trinajstić information content (AvgIpc) is 2.89. The van der Waals surface area contributed by atoms with Crippen molar-refractivity contribution in [3.63, 3.8) is 0 Å². The van der Waals surface area contributed by atoms with Crippen molar-refractivity contribution >= 4 is 34.4 Å². The largest absolute Gasteiger partial charge is 0.316 e. The van der Waals surface area contributed by atoms with Gasteiger partial charge in [0.2, 0.25) is 5.91 Å². The summed E-state index contributed by atoms with van der Waals surface area (Å²) >= 11 is 2.76. The number of aromatic nitrogens is 1. The summed E-state index contributed by atoms with van der Waals surface area (Å²) in [5, 5.41) is 3.68. The van der Waals surface area contributed by atoms with Crippen molar-refractivity contribution in [3.05, 3.63) is 38.8 Å². The molecule has 17 heavy (non-hydrogen) atoms. The number of hydrogen-bond donors (Lipinski definition) is 0.